The van der Waals surface area contributed by atoms with Crippen LogP contribution in [0.3, 0.4) is 0 Å². The Morgan fingerprint density at radius 1 is 0.333 bits per heavy atom. The summed E-state index contributed by atoms with van der Waals surface area (Å²) in [7, 11) is 0. The molecule has 5 nitrogen and oxygen atoms in total. The molecule has 11 rings (SSSR count). The predicted molar refractivity (Wildman–Crippen MR) is 233 cm³/mol. The molecule has 5 heteroatoms. The number of nitriles is 1. The molecule has 0 aliphatic carbocycles. The van der Waals surface area contributed by atoms with Gasteiger partial charge in [-0.25, -0.2) is 15.0 Å². The van der Waals surface area contributed by atoms with Gasteiger partial charge in [0.05, 0.1) is 22.7 Å². The third-order valence-corrected chi connectivity index (χ3v) is 11.0. The smallest absolute Gasteiger partial charge is 0.164 e. The molecular formula is C52H31N5. The predicted octanol–water partition coefficient (Wildman–Crippen LogP) is 13.0. The Morgan fingerprint density at radius 3 is 1.46 bits per heavy atom. The van der Waals surface area contributed by atoms with E-state index in [1.807, 2.05) is 42.5 Å². The molecule has 0 fully saturated rings. The summed E-state index contributed by atoms with van der Waals surface area (Å²) < 4.78 is 2.31. The van der Waals surface area contributed by atoms with Crippen LogP contribution in [0.15, 0.2) is 188 Å². The number of aromatic nitrogens is 4. The Bertz CT molecular complexity index is 3340. The molecule has 264 valence electrons. The molecule has 0 N–H and O–H groups in total. The number of nitrogens with zero attached hydrogens (tertiary/aromatic N) is 5. The lowest BCUT2D eigenvalue weighted by molar-refractivity contribution is 1.07. The fourth-order valence-corrected chi connectivity index (χ4v) is 8.41. The first-order chi connectivity index (χ1) is 28.2. The van der Waals surface area contributed by atoms with Crippen LogP contribution in [-0.4, -0.2) is 19.5 Å². The van der Waals surface area contributed by atoms with Crippen molar-refractivity contribution in [3.63, 3.8) is 0 Å². The van der Waals surface area contributed by atoms with Crippen LogP contribution in [-0.2, 0) is 0 Å². The lowest BCUT2D eigenvalue weighted by atomic mass is 9.93. The maximum atomic E-state index is 10.3. The van der Waals surface area contributed by atoms with E-state index in [1.54, 1.807) is 0 Å². The van der Waals surface area contributed by atoms with Crippen molar-refractivity contribution in [1.82, 2.24) is 19.5 Å². The lowest BCUT2D eigenvalue weighted by Gasteiger charge is -2.13. The van der Waals surface area contributed by atoms with Gasteiger partial charge in [0.1, 0.15) is 0 Å². The van der Waals surface area contributed by atoms with Crippen LogP contribution >= 0.6 is 0 Å². The van der Waals surface area contributed by atoms with E-state index in [2.05, 4.69) is 156 Å². The van der Waals surface area contributed by atoms with Crippen LogP contribution in [0.25, 0.3) is 105 Å². The number of hydrogen-bond acceptors (Lipinski definition) is 4. The maximum Gasteiger partial charge on any atom is 0.164 e. The average molecular weight is 726 g/mol. The van der Waals surface area contributed by atoms with Crippen LogP contribution < -0.4 is 0 Å². The maximum absolute atomic E-state index is 10.3. The number of hydrogen-bond donors (Lipinski definition) is 0. The first-order valence-corrected chi connectivity index (χ1v) is 19.0. The first-order valence-electron chi connectivity index (χ1n) is 19.0. The lowest BCUT2D eigenvalue weighted by Crippen LogP contribution is -2.01. The molecule has 9 aromatic carbocycles. The highest BCUT2D eigenvalue weighted by Crippen LogP contribution is 2.38. The molecule has 0 amide bonds. The third kappa shape index (κ3) is 5.43. The van der Waals surface area contributed by atoms with Gasteiger partial charge in [-0.05, 0) is 92.0 Å². The highest BCUT2D eigenvalue weighted by molar-refractivity contribution is 6.25. The van der Waals surface area contributed by atoms with Crippen molar-refractivity contribution >= 4 is 54.1 Å². The van der Waals surface area contributed by atoms with Crippen molar-refractivity contribution in [2.75, 3.05) is 0 Å². The molecule has 0 spiro atoms. The molecule has 0 radical (unpaired) electrons. The van der Waals surface area contributed by atoms with Gasteiger partial charge in [0, 0.05) is 33.2 Å². The molecule has 0 aliphatic rings. The second-order valence-electron chi connectivity index (χ2n) is 14.4. The van der Waals surface area contributed by atoms with E-state index in [1.165, 1.54) is 37.7 Å². The van der Waals surface area contributed by atoms with Crippen LogP contribution in [0, 0.1) is 11.3 Å². The molecule has 57 heavy (non-hydrogen) atoms. The number of benzene rings is 9. The summed E-state index contributed by atoms with van der Waals surface area (Å²) in [5.41, 5.74) is 8.25. The van der Waals surface area contributed by atoms with Gasteiger partial charge < -0.3 is 4.57 Å². The van der Waals surface area contributed by atoms with Gasteiger partial charge in [0.25, 0.3) is 0 Å². The number of fused-ring (bicyclic) bond motifs is 9. The van der Waals surface area contributed by atoms with Crippen molar-refractivity contribution in [3.8, 4) is 57.0 Å². The summed E-state index contributed by atoms with van der Waals surface area (Å²) in [6.45, 7) is 0. The zero-order valence-corrected chi connectivity index (χ0v) is 30.6. The van der Waals surface area contributed by atoms with Gasteiger partial charge in [0.2, 0.25) is 0 Å². The highest BCUT2D eigenvalue weighted by Gasteiger charge is 2.17. The van der Waals surface area contributed by atoms with E-state index in [4.69, 9.17) is 15.0 Å². The first kappa shape index (κ1) is 32.5. The van der Waals surface area contributed by atoms with Crippen LogP contribution in [0.2, 0.25) is 0 Å². The fraction of sp³-hybridized carbons (Fsp3) is 0. The van der Waals surface area contributed by atoms with Crippen LogP contribution in [0.4, 0.5) is 0 Å². The van der Waals surface area contributed by atoms with Gasteiger partial charge >= 0.3 is 0 Å². The normalized spacial score (nSPS) is 11.5. The number of para-hydroxylation sites is 2. The Balaban J connectivity index is 1.09. The Labute approximate surface area is 328 Å². The molecule has 0 saturated carbocycles. The van der Waals surface area contributed by atoms with Gasteiger partial charge in [-0.1, -0.05) is 140 Å². The standard InChI is InChI=1S/C52H31N5/c53-32-33-27-37(35-15-12-16-39(30-35)57-48-23-10-8-21-45(48)46-22-9-11-24-49(46)57)29-38(28-33)52-55-50(34-13-2-1-3-14-34)54-51(56-52)36-25-26-44-42-19-5-4-17-40(42)41-18-6-7-20-43(41)47(44)31-36/h1-31H. The average Bonchev–Trinajstić information content (AvgIpc) is 3.63. The zero-order valence-electron chi connectivity index (χ0n) is 30.6. The largest absolute Gasteiger partial charge is 0.309 e. The van der Waals surface area contributed by atoms with Crippen molar-refractivity contribution < 1.29 is 0 Å². The minimum Gasteiger partial charge on any atom is -0.309 e. The topological polar surface area (TPSA) is 67.4 Å². The Kier molecular flexibility index (Phi) is 7.48. The van der Waals surface area contributed by atoms with E-state index >= 15 is 0 Å². The van der Waals surface area contributed by atoms with E-state index in [0.717, 1.165) is 49.9 Å². The van der Waals surface area contributed by atoms with Gasteiger partial charge in [0.15, 0.2) is 17.5 Å². The molecule has 0 saturated heterocycles. The second-order valence-corrected chi connectivity index (χ2v) is 14.4. The summed E-state index contributed by atoms with van der Waals surface area (Å²) in [5.74, 6) is 1.63. The summed E-state index contributed by atoms with van der Waals surface area (Å²) >= 11 is 0. The van der Waals surface area contributed by atoms with Gasteiger partial charge in [-0.2, -0.15) is 5.26 Å². The molecule has 0 unspecified atom stereocenters. The second kappa shape index (κ2) is 13.1. The quantitative estimate of drug-likeness (QED) is 0.166. The van der Waals surface area contributed by atoms with Crippen LogP contribution in [0.5, 0.6) is 0 Å². The molecule has 2 aromatic heterocycles. The zero-order chi connectivity index (χ0) is 37.9. The third-order valence-electron chi connectivity index (χ3n) is 11.0. The van der Waals surface area contributed by atoms with E-state index in [0.29, 0.717) is 23.0 Å². The number of rotatable bonds is 5. The van der Waals surface area contributed by atoms with E-state index in [-0.39, 0.29) is 0 Å². The van der Waals surface area contributed by atoms with Crippen molar-refractivity contribution in [2.24, 2.45) is 0 Å². The summed E-state index contributed by atoms with van der Waals surface area (Å²) in [6.07, 6.45) is 0. The summed E-state index contributed by atoms with van der Waals surface area (Å²) in [6, 6.07) is 67.5. The van der Waals surface area contributed by atoms with Gasteiger partial charge in [-0.15, -0.1) is 0 Å². The monoisotopic (exact) mass is 725 g/mol. The summed E-state index contributed by atoms with van der Waals surface area (Å²) in [4.78, 5) is 15.3. The molecule has 0 atom stereocenters. The van der Waals surface area contributed by atoms with Crippen molar-refractivity contribution in [2.45, 2.75) is 0 Å². The minimum atomic E-state index is 0.499. The van der Waals surface area contributed by atoms with Crippen molar-refractivity contribution in [1.29, 1.82) is 5.26 Å². The SMILES string of the molecule is N#Cc1cc(-c2cccc(-n3c4ccccc4c4ccccc43)c2)cc(-c2nc(-c3ccccc3)nc(-c3ccc4c5ccccc5c5ccccc5c4c3)n2)c1. The minimum absolute atomic E-state index is 0.499. The van der Waals surface area contributed by atoms with E-state index in [9.17, 15) is 5.26 Å². The Morgan fingerprint density at radius 2 is 0.825 bits per heavy atom. The molecule has 11 aromatic rings. The van der Waals surface area contributed by atoms with Crippen LogP contribution in [0.1, 0.15) is 5.56 Å². The molecule has 0 aliphatic heterocycles. The fourth-order valence-electron chi connectivity index (χ4n) is 8.41. The molecule has 0 bridgehead atoms. The van der Waals surface area contributed by atoms with E-state index < -0.39 is 0 Å². The molecule has 2 heterocycles. The van der Waals surface area contributed by atoms with Crippen molar-refractivity contribution in [3.05, 3.63) is 194 Å². The summed E-state index contributed by atoms with van der Waals surface area (Å²) in [5, 5.41) is 19.9. The van der Waals surface area contributed by atoms with Gasteiger partial charge in [-0.3, -0.25) is 0 Å². The Hall–Kier alpha value is -7.94. The molecular weight excluding hydrogens is 695 g/mol. The highest BCUT2D eigenvalue weighted by atomic mass is 15.0.